The maximum Gasteiger partial charge on any atom is 0.293 e. The number of nitrogens with zero attached hydrogens (tertiary/aromatic N) is 4. The molecule has 1 aliphatic rings. The number of rotatable bonds is 9. The van der Waals surface area contributed by atoms with Crippen LogP contribution in [0.4, 0.5) is 9.18 Å². The zero-order valence-corrected chi connectivity index (χ0v) is 25.3. The number of hydrogen-bond donors (Lipinski definition) is 1. The highest BCUT2D eigenvalue weighted by molar-refractivity contribution is 8.18. The number of amides is 3. The molecule has 0 saturated carbocycles. The first-order chi connectivity index (χ1) is 20.2. The lowest BCUT2D eigenvalue weighted by molar-refractivity contribution is -0.123. The van der Waals surface area contributed by atoms with E-state index in [1.165, 1.54) is 18.2 Å². The molecule has 2 heterocycles. The van der Waals surface area contributed by atoms with Crippen LogP contribution >= 0.6 is 58.3 Å². The normalized spacial score (nSPS) is 14.2. The second kappa shape index (κ2) is 13.3. The summed E-state index contributed by atoms with van der Waals surface area (Å²) in [6, 6.07) is 18.2. The Morgan fingerprint density at radius 3 is 2.52 bits per heavy atom. The number of hydrogen-bond acceptors (Lipinski definition) is 7. The van der Waals surface area contributed by atoms with Crippen molar-refractivity contribution in [3.05, 3.63) is 98.1 Å². The molecule has 5 rings (SSSR count). The fourth-order valence-corrected chi connectivity index (χ4v) is 6.26. The molecular formula is C28H19Cl3FN5O3S2. The molecule has 4 aromatic rings. The van der Waals surface area contributed by atoms with E-state index < -0.39 is 17.0 Å². The number of benzene rings is 3. The molecule has 3 amide bonds. The largest absolute Gasteiger partial charge is 0.354 e. The van der Waals surface area contributed by atoms with Crippen molar-refractivity contribution in [3.8, 4) is 17.1 Å². The lowest BCUT2D eigenvalue weighted by atomic mass is 10.2. The average molecular weight is 663 g/mol. The molecule has 14 heteroatoms. The van der Waals surface area contributed by atoms with Crippen LogP contribution in [0.15, 0.2) is 76.8 Å². The number of aromatic nitrogens is 3. The van der Waals surface area contributed by atoms with Gasteiger partial charge in [-0.25, -0.2) is 4.39 Å². The molecule has 1 aliphatic heterocycles. The first-order valence-corrected chi connectivity index (χ1v) is 15.2. The van der Waals surface area contributed by atoms with Crippen molar-refractivity contribution in [2.75, 3.05) is 18.8 Å². The van der Waals surface area contributed by atoms with Gasteiger partial charge >= 0.3 is 0 Å². The average Bonchev–Trinajstić information content (AvgIpc) is 3.50. The van der Waals surface area contributed by atoms with Gasteiger partial charge in [0.05, 0.1) is 26.4 Å². The van der Waals surface area contributed by atoms with E-state index in [1.807, 2.05) is 30.3 Å². The lowest BCUT2D eigenvalue weighted by Gasteiger charge is -2.13. The number of halogens is 4. The Balaban J connectivity index is 1.25. The summed E-state index contributed by atoms with van der Waals surface area (Å²) in [5.41, 5.74) is 1.78. The summed E-state index contributed by atoms with van der Waals surface area (Å²) >= 11 is 20.5. The Hall–Kier alpha value is -3.35. The first-order valence-electron chi connectivity index (χ1n) is 12.3. The van der Waals surface area contributed by atoms with E-state index in [0.29, 0.717) is 37.2 Å². The highest BCUT2D eigenvalue weighted by Crippen LogP contribution is 2.35. The number of carbonyl (C=O) groups excluding carboxylic acids is 3. The van der Waals surface area contributed by atoms with Gasteiger partial charge in [0.1, 0.15) is 5.82 Å². The van der Waals surface area contributed by atoms with Crippen LogP contribution < -0.4 is 5.32 Å². The molecule has 42 heavy (non-hydrogen) atoms. The van der Waals surface area contributed by atoms with E-state index in [4.69, 9.17) is 34.8 Å². The van der Waals surface area contributed by atoms with Crippen LogP contribution in [0, 0.1) is 5.82 Å². The monoisotopic (exact) mass is 661 g/mol. The summed E-state index contributed by atoms with van der Waals surface area (Å²) in [7, 11) is 0. The van der Waals surface area contributed by atoms with Gasteiger partial charge in [0.2, 0.25) is 5.91 Å². The van der Waals surface area contributed by atoms with Crippen LogP contribution in [0.5, 0.6) is 0 Å². The van der Waals surface area contributed by atoms with Gasteiger partial charge in [-0.3, -0.25) is 23.9 Å². The summed E-state index contributed by atoms with van der Waals surface area (Å²) in [4.78, 5) is 39.2. The summed E-state index contributed by atoms with van der Waals surface area (Å²) in [6.45, 7) is 0.0959. The van der Waals surface area contributed by atoms with Crippen molar-refractivity contribution in [3.63, 3.8) is 0 Å². The summed E-state index contributed by atoms with van der Waals surface area (Å²) in [6.07, 6.45) is 1.66. The molecule has 214 valence electrons. The first kappa shape index (κ1) is 30.1. The second-order valence-electron chi connectivity index (χ2n) is 8.75. The standard InChI is InChI=1S/C28H19Cl3FN5O3S2/c29-17-6-8-19(20(30)13-17)25-34-35-27(37(25)18-7-9-22(32)21(31)14-18)41-15-24(38)33-10-11-36-26(39)23(42-28(36)40)12-16-4-2-1-3-5-16/h1-9,12-14H,10-11,15H2,(H,33,38). The van der Waals surface area contributed by atoms with Crippen molar-refractivity contribution < 1.29 is 18.8 Å². The Morgan fingerprint density at radius 1 is 1.00 bits per heavy atom. The molecule has 1 N–H and O–H groups in total. The van der Waals surface area contributed by atoms with Gasteiger partial charge in [0, 0.05) is 23.7 Å². The molecule has 1 saturated heterocycles. The molecule has 0 spiro atoms. The summed E-state index contributed by atoms with van der Waals surface area (Å²) < 4.78 is 15.5. The Kier molecular flexibility index (Phi) is 9.54. The van der Waals surface area contributed by atoms with Crippen LogP contribution in [0.2, 0.25) is 15.1 Å². The van der Waals surface area contributed by atoms with E-state index in [-0.39, 0.29) is 29.8 Å². The molecule has 1 aromatic heterocycles. The van der Waals surface area contributed by atoms with Gasteiger partial charge in [0.25, 0.3) is 11.1 Å². The maximum atomic E-state index is 13.9. The van der Waals surface area contributed by atoms with Crippen molar-refractivity contribution in [2.24, 2.45) is 0 Å². The maximum absolute atomic E-state index is 13.9. The van der Waals surface area contributed by atoms with Gasteiger partial charge in [-0.1, -0.05) is 76.9 Å². The predicted octanol–water partition coefficient (Wildman–Crippen LogP) is 6.98. The van der Waals surface area contributed by atoms with Crippen molar-refractivity contribution >= 4 is 81.5 Å². The van der Waals surface area contributed by atoms with Crippen LogP contribution in [-0.4, -0.2) is 55.6 Å². The van der Waals surface area contributed by atoms with Gasteiger partial charge in [-0.2, -0.15) is 0 Å². The SMILES string of the molecule is O=C(CSc1nnc(-c2ccc(Cl)cc2Cl)n1-c1ccc(F)c(Cl)c1)NCCN1C(=O)SC(=Cc2ccccc2)C1=O. The molecular weight excluding hydrogens is 644 g/mol. The molecule has 0 unspecified atom stereocenters. The molecule has 0 radical (unpaired) electrons. The van der Waals surface area contributed by atoms with Gasteiger partial charge in [-0.15, -0.1) is 10.2 Å². The van der Waals surface area contributed by atoms with E-state index in [2.05, 4.69) is 15.5 Å². The zero-order chi connectivity index (χ0) is 29.8. The van der Waals surface area contributed by atoms with Gasteiger partial charge in [0.15, 0.2) is 11.0 Å². The Morgan fingerprint density at radius 2 is 1.79 bits per heavy atom. The van der Waals surface area contributed by atoms with Crippen LogP contribution in [0.3, 0.4) is 0 Å². The summed E-state index contributed by atoms with van der Waals surface area (Å²) in [5.74, 6) is -1.08. The molecule has 1 fully saturated rings. The molecule has 0 aliphatic carbocycles. The highest BCUT2D eigenvalue weighted by atomic mass is 35.5. The lowest BCUT2D eigenvalue weighted by Crippen LogP contribution is -2.37. The van der Waals surface area contributed by atoms with Crippen LogP contribution in [0.25, 0.3) is 23.2 Å². The van der Waals surface area contributed by atoms with Crippen LogP contribution in [0.1, 0.15) is 5.56 Å². The fourth-order valence-electron chi connectivity index (χ4n) is 3.95. The van der Waals surface area contributed by atoms with E-state index in [9.17, 15) is 18.8 Å². The van der Waals surface area contributed by atoms with Crippen molar-refractivity contribution in [1.29, 1.82) is 0 Å². The number of carbonyl (C=O) groups is 3. The number of thioether (sulfide) groups is 2. The van der Waals surface area contributed by atoms with Crippen molar-refractivity contribution in [1.82, 2.24) is 25.0 Å². The molecule has 0 atom stereocenters. The number of imide groups is 1. The fraction of sp³-hybridized carbons (Fsp3) is 0.107. The Labute approximate surface area is 263 Å². The third-order valence-corrected chi connectivity index (χ3v) is 8.60. The van der Waals surface area contributed by atoms with Crippen molar-refractivity contribution in [2.45, 2.75) is 5.16 Å². The topological polar surface area (TPSA) is 97.2 Å². The second-order valence-corrected chi connectivity index (χ2v) is 11.9. The quantitative estimate of drug-likeness (QED) is 0.153. The Bertz CT molecular complexity index is 1720. The minimum atomic E-state index is -0.593. The minimum absolute atomic E-state index is 0.0245. The molecule has 3 aromatic carbocycles. The van der Waals surface area contributed by atoms with Gasteiger partial charge < -0.3 is 5.32 Å². The van der Waals surface area contributed by atoms with E-state index >= 15 is 0 Å². The predicted molar refractivity (Wildman–Crippen MR) is 165 cm³/mol. The number of nitrogens with one attached hydrogen (secondary N) is 1. The van der Waals surface area contributed by atoms with Crippen LogP contribution in [-0.2, 0) is 9.59 Å². The summed E-state index contributed by atoms with van der Waals surface area (Å²) in [5, 5.41) is 11.8. The molecule has 0 bridgehead atoms. The van der Waals surface area contributed by atoms with Gasteiger partial charge in [-0.05, 0) is 59.8 Å². The molecule has 8 nitrogen and oxygen atoms in total. The third-order valence-electron chi connectivity index (χ3n) is 5.93. The minimum Gasteiger partial charge on any atom is -0.354 e. The van der Waals surface area contributed by atoms with E-state index in [1.54, 1.807) is 28.8 Å². The van der Waals surface area contributed by atoms with E-state index in [0.717, 1.165) is 34.0 Å². The highest BCUT2D eigenvalue weighted by Gasteiger charge is 2.34. The third kappa shape index (κ3) is 6.82. The smallest absolute Gasteiger partial charge is 0.293 e. The zero-order valence-electron chi connectivity index (χ0n) is 21.4.